The van der Waals surface area contributed by atoms with Gasteiger partial charge in [-0.3, -0.25) is 0 Å². The van der Waals surface area contributed by atoms with E-state index < -0.39 is 72.5 Å². The molecule has 0 amide bonds. The van der Waals surface area contributed by atoms with E-state index in [0.29, 0.717) is 0 Å². The van der Waals surface area contributed by atoms with Gasteiger partial charge in [-0.15, -0.1) is 0 Å². The van der Waals surface area contributed by atoms with Crippen LogP contribution in [0, 0.1) is 0 Å². The second-order valence-electron chi connectivity index (χ2n) is 6.40. The SMILES string of the molecule is CC(O)C(F)(F)C(F)(F)C(F)(C(F)(F)C(F)(F)C(F)(F)F)C(F)(F)C(F)(F)C(F)(F)C(F)(F)F. The number of rotatable bonds is 8. The van der Waals surface area contributed by atoms with Crippen molar-refractivity contribution < 1.29 is 97.3 Å². The van der Waals surface area contributed by atoms with Gasteiger partial charge in [-0.25, -0.2) is 4.39 Å². The first-order valence-electron chi connectivity index (χ1n) is 7.34. The molecule has 0 saturated heterocycles. The molecule has 0 fully saturated rings. The maximum Gasteiger partial charge on any atom is 0.460 e. The molecule has 0 aliphatic rings. The van der Waals surface area contributed by atoms with E-state index >= 15 is 0 Å². The van der Waals surface area contributed by atoms with Crippen molar-refractivity contribution in [3.05, 3.63) is 0 Å². The molecule has 0 aliphatic carbocycles. The standard InChI is InChI=1S/C12H5F21O/c1-2(34)3(13,14)5(16,17)4(15,7(20,21)9(24,25)11(28,29)30)6(18,19)8(22,23)10(26,27)12(31,32)33/h2,34H,1H3. The Morgan fingerprint density at radius 2 is 0.618 bits per heavy atom. The van der Waals surface area contributed by atoms with Crippen molar-refractivity contribution >= 4 is 0 Å². The van der Waals surface area contributed by atoms with E-state index in [1.165, 1.54) is 0 Å². The third kappa shape index (κ3) is 3.63. The van der Waals surface area contributed by atoms with E-state index in [-0.39, 0.29) is 0 Å². The van der Waals surface area contributed by atoms with E-state index in [4.69, 9.17) is 5.11 Å². The van der Waals surface area contributed by atoms with Crippen molar-refractivity contribution in [3.63, 3.8) is 0 Å². The quantitative estimate of drug-likeness (QED) is 0.328. The van der Waals surface area contributed by atoms with Gasteiger partial charge in [-0.2, -0.15) is 87.8 Å². The number of hydrogen-bond donors (Lipinski definition) is 1. The fraction of sp³-hybridized carbons (Fsp3) is 1.00. The summed E-state index contributed by atoms with van der Waals surface area (Å²) < 4.78 is 275. The van der Waals surface area contributed by atoms with Crippen LogP contribution in [0.2, 0.25) is 0 Å². The van der Waals surface area contributed by atoms with Gasteiger partial charge in [0.05, 0.1) is 0 Å². The van der Waals surface area contributed by atoms with Crippen LogP contribution in [0.25, 0.3) is 0 Å². The molecule has 22 heteroatoms. The molecule has 0 rings (SSSR count). The van der Waals surface area contributed by atoms with Crippen molar-refractivity contribution in [2.75, 3.05) is 0 Å². The zero-order valence-electron chi connectivity index (χ0n) is 15.0. The van der Waals surface area contributed by atoms with Gasteiger partial charge < -0.3 is 5.11 Å². The average Bonchev–Trinajstić information content (AvgIpc) is 2.57. The van der Waals surface area contributed by atoms with Crippen LogP contribution in [-0.2, 0) is 0 Å². The second kappa shape index (κ2) is 7.74. The third-order valence-electron chi connectivity index (χ3n) is 4.14. The molecule has 206 valence electrons. The predicted molar refractivity (Wildman–Crippen MR) is 62.3 cm³/mol. The third-order valence-corrected chi connectivity index (χ3v) is 4.14. The smallest absolute Gasteiger partial charge is 0.387 e. The summed E-state index contributed by atoms with van der Waals surface area (Å²) >= 11 is 0. The zero-order valence-corrected chi connectivity index (χ0v) is 15.0. The minimum absolute atomic E-state index is 0.824. The van der Waals surface area contributed by atoms with Crippen LogP contribution in [0.1, 0.15) is 6.92 Å². The predicted octanol–water partition coefficient (Wildman–Crippen LogP) is 6.65. The van der Waals surface area contributed by atoms with E-state index in [2.05, 4.69) is 0 Å². The highest BCUT2D eigenvalue weighted by molar-refractivity contribution is 5.25. The highest BCUT2D eigenvalue weighted by Gasteiger charge is 3.01. The number of aliphatic hydroxyl groups excluding tert-OH is 1. The summed E-state index contributed by atoms with van der Waals surface area (Å²) in [5.74, 6) is -61.9. The zero-order chi connectivity index (χ0) is 28.6. The molecular formula is C12H5F21O. The van der Waals surface area contributed by atoms with Gasteiger partial charge in [-0.05, 0) is 6.92 Å². The molecule has 0 heterocycles. The Bertz CT molecular complexity index is 742. The summed E-state index contributed by atoms with van der Waals surface area (Å²) in [7, 11) is 0. The Balaban J connectivity index is 7.97. The Morgan fingerprint density at radius 3 is 0.853 bits per heavy atom. The molecule has 0 aromatic heterocycles. The van der Waals surface area contributed by atoms with Crippen molar-refractivity contribution in [1.29, 1.82) is 0 Å². The van der Waals surface area contributed by atoms with Gasteiger partial charge in [0.25, 0.3) is 0 Å². The largest absolute Gasteiger partial charge is 0.460 e. The maximum atomic E-state index is 14.4. The summed E-state index contributed by atoms with van der Waals surface area (Å²) in [6.07, 6.45) is -21.0. The fourth-order valence-electron chi connectivity index (χ4n) is 2.07. The van der Waals surface area contributed by atoms with Crippen molar-refractivity contribution in [1.82, 2.24) is 0 Å². The van der Waals surface area contributed by atoms with Gasteiger partial charge in [-0.1, -0.05) is 0 Å². The topological polar surface area (TPSA) is 20.2 Å². The Morgan fingerprint density at radius 1 is 0.382 bits per heavy atom. The van der Waals surface area contributed by atoms with Crippen LogP contribution < -0.4 is 0 Å². The summed E-state index contributed by atoms with van der Waals surface area (Å²) in [6, 6.07) is 0. The minimum Gasteiger partial charge on any atom is -0.387 e. The van der Waals surface area contributed by atoms with Crippen LogP contribution >= 0.6 is 0 Å². The molecule has 2 atom stereocenters. The Kier molecular flexibility index (Phi) is 7.40. The van der Waals surface area contributed by atoms with Crippen LogP contribution in [0.5, 0.6) is 0 Å². The maximum absolute atomic E-state index is 14.4. The Labute approximate surface area is 171 Å². The molecule has 0 aromatic carbocycles. The van der Waals surface area contributed by atoms with Crippen LogP contribution in [-0.4, -0.2) is 70.7 Å². The molecule has 0 saturated carbocycles. The fourth-order valence-corrected chi connectivity index (χ4v) is 2.07. The number of aliphatic hydroxyl groups is 1. The van der Waals surface area contributed by atoms with Gasteiger partial charge in [0, 0.05) is 0 Å². The van der Waals surface area contributed by atoms with Crippen molar-refractivity contribution in [2.24, 2.45) is 0 Å². The van der Waals surface area contributed by atoms with Crippen LogP contribution in [0.4, 0.5) is 92.2 Å². The summed E-state index contributed by atoms with van der Waals surface area (Å²) in [5, 5.41) is 8.35. The highest BCUT2D eigenvalue weighted by Crippen LogP contribution is 2.69. The normalized spacial score (nSPS) is 19.1. The van der Waals surface area contributed by atoms with Gasteiger partial charge in [0.1, 0.15) is 6.10 Å². The Hall–Kier alpha value is -1.51. The lowest BCUT2D eigenvalue weighted by Crippen LogP contribution is -2.83. The van der Waals surface area contributed by atoms with Crippen molar-refractivity contribution in [2.45, 2.75) is 72.5 Å². The molecule has 34 heavy (non-hydrogen) atoms. The molecule has 0 radical (unpaired) electrons. The summed E-state index contributed by atoms with van der Waals surface area (Å²) in [4.78, 5) is 0. The summed E-state index contributed by atoms with van der Waals surface area (Å²) in [6.45, 7) is -0.824. The summed E-state index contributed by atoms with van der Waals surface area (Å²) in [5.41, 5.74) is -9.61. The lowest BCUT2D eigenvalue weighted by Gasteiger charge is -2.49. The van der Waals surface area contributed by atoms with Gasteiger partial charge in [0.15, 0.2) is 0 Å². The van der Waals surface area contributed by atoms with E-state index in [1.54, 1.807) is 0 Å². The molecule has 1 nitrogen and oxygen atoms in total. The van der Waals surface area contributed by atoms with Crippen LogP contribution in [0.15, 0.2) is 0 Å². The lowest BCUT2D eigenvalue weighted by molar-refractivity contribution is -0.483. The van der Waals surface area contributed by atoms with Crippen LogP contribution in [0.3, 0.4) is 0 Å². The molecule has 0 spiro atoms. The number of alkyl halides is 21. The molecule has 1 N–H and O–H groups in total. The number of hydrogen-bond acceptors (Lipinski definition) is 1. The molecule has 0 aliphatic heterocycles. The van der Waals surface area contributed by atoms with E-state index in [9.17, 15) is 92.2 Å². The minimum atomic E-state index is -9.61. The van der Waals surface area contributed by atoms with E-state index in [1.807, 2.05) is 0 Å². The first kappa shape index (κ1) is 32.5. The van der Waals surface area contributed by atoms with Gasteiger partial charge >= 0.3 is 59.5 Å². The molecule has 0 bridgehead atoms. The lowest BCUT2D eigenvalue weighted by atomic mass is 9.74. The molecular weight excluding hydrogens is 559 g/mol. The van der Waals surface area contributed by atoms with Crippen molar-refractivity contribution in [3.8, 4) is 0 Å². The number of halogens is 21. The highest BCUT2D eigenvalue weighted by atomic mass is 19.4. The van der Waals surface area contributed by atoms with Gasteiger partial charge in [0.2, 0.25) is 0 Å². The van der Waals surface area contributed by atoms with E-state index in [0.717, 1.165) is 0 Å². The first-order chi connectivity index (χ1) is 14.2. The monoisotopic (exact) mass is 564 g/mol. The first-order valence-corrected chi connectivity index (χ1v) is 7.34. The molecule has 0 aromatic rings. The molecule has 2 unspecified atom stereocenters. The average molecular weight is 564 g/mol. The second-order valence-corrected chi connectivity index (χ2v) is 6.40.